The minimum atomic E-state index is -0.764. The minimum absolute atomic E-state index is 0.189. The Morgan fingerprint density at radius 1 is 1.31 bits per heavy atom. The van der Waals surface area contributed by atoms with Crippen molar-refractivity contribution in [1.82, 2.24) is 0 Å². The van der Waals surface area contributed by atoms with Crippen molar-refractivity contribution in [3.8, 4) is 0 Å². The van der Waals surface area contributed by atoms with Gasteiger partial charge in [0.1, 0.15) is 5.78 Å². The molecule has 0 aliphatic carbocycles. The van der Waals surface area contributed by atoms with E-state index in [1.807, 2.05) is 6.92 Å². The standard InChI is InChI=1S/C10H20O2S/c1-8(2)10(4)13(12)7-5-6-9(3)11/h8,10H,5-7H2,1-4H3. The third-order valence-electron chi connectivity index (χ3n) is 2.23. The fourth-order valence-corrected chi connectivity index (χ4v) is 2.36. The molecule has 0 heterocycles. The SMILES string of the molecule is CC(=O)CCCS(=O)C(C)C(C)C. The lowest BCUT2D eigenvalue weighted by molar-refractivity contribution is -0.117. The van der Waals surface area contributed by atoms with Crippen LogP contribution in [0.3, 0.4) is 0 Å². The van der Waals surface area contributed by atoms with Crippen molar-refractivity contribution < 1.29 is 9.00 Å². The highest BCUT2D eigenvalue weighted by molar-refractivity contribution is 7.85. The first-order chi connectivity index (χ1) is 5.95. The highest BCUT2D eigenvalue weighted by Gasteiger charge is 2.14. The average Bonchev–Trinajstić information content (AvgIpc) is 2.02. The van der Waals surface area contributed by atoms with Gasteiger partial charge in [-0.15, -0.1) is 0 Å². The molecule has 2 unspecified atom stereocenters. The quantitative estimate of drug-likeness (QED) is 0.664. The van der Waals surface area contributed by atoms with E-state index in [0.717, 1.165) is 6.42 Å². The number of rotatable bonds is 6. The highest BCUT2D eigenvalue weighted by atomic mass is 32.2. The van der Waals surface area contributed by atoms with Crippen molar-refractivity contribution in [3.05, 3.63) is 0 Å². The third kappa shape index (κ3) is 5.97. The van der Waals surface area contributed by atoms with Crippen molar-refractivity contribution in [3.63, 3.8) is 0 Å². The fourth-order valence-electron chi connectivity index (χ4n) is 0.953. The van der Waals surface area contributed by atoms with Gasteiger partial charge in [0, 0.05) is 28.2 Å². The maximum Gasteiger partial charge on any atom is 0.129 e. The Kier molecular flexibility index (Phi) is 6.21. The van der Waals surface area contributed by atoms with Crippen LogP contribution in [-0.2, 0) is 15.6 Å². The lowest BCUT2D eigenvalue weighted by atomic mass is 10.2. The summed E-state index contributed by atoms with van der Waals surface area (Å²) in [6.07, 6.45) is 1.33. The van der Waals surface area contributed by atoms with Crippen molar-refractivity contribution in [2.75, 3.05) is 5.75 Å². The summed E-state index contributed by atoms with van der Waals surface area (Å²) in [5.41, 5.74) is 0. The van der Waals surface area contributed by atoms with Crippen molar-refractivity contribution in [2.24, 2.45) is 5.92 Å². The summed E-state index contributed by atoms with van der Waals surface area (Å²) in [6.45, 7) is 7.74. The number of carbonyl (C=O) groups excluding carboxylic acids is 1. The first-order valence-electron chi connectivity index (χ1n) is 4.81. The van der Waals surface area contributed by atoms with Crippen LogP contribution in [0.5, 0.6) is 0 Å². The molecule has 0 N–H and O–H groups in total. The Bertz CT molecular complexity index is 187. The van der Waals surface area contributed by atoms with Crippen LogP contribution in [0.4, 0.5) is 0 Å². The van der Waals surface area contributed by atoms with Gasteiger partial charge in [-0.05, 0) is 19.3 Å². The van der Waals surface area contributed by atoms with E-state index in [4.69, 9.17) is 0 Å². The summed E-state index contributed by atoms with van der Waals surface area (Å²) in [5.74, 6) is 1.31. The topological polar surface area (TPSA) is 34.1 Å². The minimum Gasteiger partial charge on any atom is -0.300 e. The van der Waals surface area contributed by atoms with E-state index < -0.39 is 10.8 Å². The Labute approximate surface area is 83.6 Å². The molecule has 0 saturated heterocycles. The molecule has 2 nitrogen and oxygen atoms in total. The van der Waals surface area contributed by atoms with Crippen LogP contribution in [0, 0.1) is 5.92 Å². The van der Waals surface area contributed by atoms with E-state index >= 15 is 0 Å². The fraction of sp³-hybridized carbons (Fsp3) is 0.900. The molecule has 0 fully saturated rings. The van der Waals surface area contributed by atoms with Gasteiger partial charge in [-0.2, -0.15) is 0 Å². The van der Waals surface area contributed by atoms with E-state index in [1.165, 1.54) is 0 Å². The summed E-state index contributed by atoms with van der Waals surface area (Å²) < 4.78 is 11.6. The summed E-state index contributed by atoms with van der Waals surface area (Å²) >= 11 is 0. The van der Waals surface area contributed by atoms with Gasteiger partial charge in [-0.25, -0.2) is 0 Å². The predicted octanol–water partition coefficient (Wildman–Crippen LogP) is 2.15. The van der Waals surface area contributed by atoms with Gasteiger partial charge in [0.25, 0.3) is 0 Å². The molecule has 0 amide bonds. The lowest BCUT2D eigenvalue weighted by Gasteiger charge is -2.14. The van der Waals surface area contributed by atoms with Gasteiger partial charge in [-0.1, -0.05) is 20.8 Å². The molecule has 0 aromatic heterocycles. The highest BCUT2D eigenvalue weighted by Crippen LogP contribution is 2.10. The lowest BCUT2D eigenvalue weighted by Crippen LogP contribution is -2.20. The summed E-state index contributed by atoms with van der Waals surface area (Å²) in [5, 5.41) is 0.243. The molecule has 0 spiro atoms. The Balaban J connectivity index is 3.68. The summed E-state index contributed by atoms with van der Waals surface area (Å²) in [7, 11) is -0.764. The molecule has 0 aliphatic heterocycles. The van der Waals surface area contributed by atoms with E-state index in [-0.39, 0.29) is 11.0 Å². The van der Waals surface area contributed by atoms with E-state index in [2.05, 4.69) is 13.8 Å². The molecule has 13 heavy (non-hydrogen) atoms. The number of hydrogen-bond acceptors (Lipinski definition) is 2. The Morgan fingerprint density at radius 2 is 1.85 bits per heavy atom. The summed E-state index contributed by atoms with van der Waals surface area (Å²) in [6, 6.07) is 0. The number of hydrogen-bond donors (Lipinski definition) is 0. The van der Waals surface area contributed by atoms with Crippen LogP contribution < -0.4 is 0 Å². The Hall–Kier alpha value is -0.180. The molecule has 3 heteroatoms. The normalized spacial score (nSPS) is 15.8. The van der Waals surface area contributed by atoms with Gasteiger partial charge in [-0.3, -0.25) is 4.21 Å². The molecular weight excluding hydrogens is 184 g/mol. The second kappa shape index (κ2) is 6.30. The zero-order chi connectivity index (χ0) is 10.4. The zero-order valence-corrected chi connectivity index (χ0v) is 9.82. The van der Waals surface area contributed by atoms with Gasteiger partial charge in [0.15, 0.2) is 0 Å². The predicted molar refractivity (Wildman–Crippen MR) is 57.2 cm³/mol. The molecule has 0 aromatic rings. The van der Waals surface area contributed by atoms with Crippen molar-refractivity contribution in [1.29, 1.82) is 0 Å². The van der Waals surface area contributed by atoms with Crippen molar-refractivity contribution >= 4 is 16.6 Å². The molecule has 0 aromatic carbocycles. The molecule has 0 saturated carbocycles. The molecule has 2 atom stereocenters. The molecular formula is C10H20O2S. The second-order valence-corrected chi connectivity index (χ2v) is 5.75. The maximum atomic E-state index is 11.6. The molecule has 0 radical (unpaired) electrons. The smallest absolute Gasteiger partial charge is 0.129 e. The van der Waals surface area contributed by atoms with Crippen LogP contribution in [0.15, 0.2) is 0 Å². The van der Waals surface area contributed by atoms with E-state index in [0.29, 0.717) is 18.1 Å². The maximum absolute atomic E-state index is 11.6. The van der Waals surface area contributed by atoms with Crippen LogP contribution in [-0.4, -0.2) is 21.0 Å². The number of Topliss-reactive ketones (excluding diaryl/α,β-unsaturated/α-hetero) is 1. The summed E-state index contributed by atoms with van der Waals surface area (Å²) in [4.78, 5) is 10.6. The van der Waals surface area contributed by atoms with Gasteiger partial charge >= 0.3 is 0 Å². The van der Waals surface area contributed by atoms with E-state index in [1.54, 1.807) is 6.92 Å². The van der Waals surface area contributed by atoms with Crippen molar-refractivity contribution in [2.45, 2.75) is 45.8 Å². The first-order valence-corrected chi connectivity index (χ1v) is 6.20. The van der Waals surface area contributed by atoms with Gasteiger partial charge in [0.2, 0.25) is 0 Å². The number of ketones is 1. The number of carbonyl (C=O) groups is 1. The van der Waals surface area contributed by atoms with Crippen LogP contribution >= 0.6 is 0 Å². The molecule has 0 rings (SSSR count). The monoisotopic (exact) mass is 204 g/mol. The van der Waals surface area contributed by atoms with Crippen LogP contribution in [0.1, 0.15) is 40.5 Å². The van der Waals surface area contributed by atoms with E-state index in [9.17, 15) is 9.00 Å². The zero-order valence-electron chi connectivity index (χ0n) is 9.00. The average molecular weight is 204 g/mol. The Morgan fingerprint density at radius 3 is 2.23 bits per heavy atom. The molecule has 0 aliphatic rings. The third-order valence-corrected chi connectivity index (χ3v) is 4.29. The van der Waals surface area contributed by atoms with Gasteiger partial charge < -0.3 is 4.79 Å². The molecule has 78 valence electrons. The van der Waals surface area contributed by atoms with Gasteiger partial charge in [0.05, 0.1) is 0 Å². The first kappa shape index (κ1) is 12.8. The molecule has 0 bridgehead atoms. The van der Waals surface area contributed by atoms with Crippen LogP contribution in [0.25, 0.3) is 0 Å². The largest absolute Gasteiger partial charge is 0.300 e. The second-order valence-electron chi connectivity index (χ2n) is 3.84. The van der Waals surface area contributed by atoms with Crippen LogP contribution in [0.2, 0.25) is 0 Å².